The zero-order valence-electron chi connectivity index (χ0n) is 7.37. The molecule has 0 saturated heterocycles. The summed E-state index contributed by atoms with van der Waals surface area (Å²) in [5, 5.41) is 3.53. The van der Waals surface area contributed by atoms with Crippen LogP contribution in [0.15, 0.2) is 5.10 Å². The van der Waals surface area contributed by atoms with E-state index in [1.165, 1.54) is 25.7 Å². The fourth-order valence-corrected chi connectivity index (χ4v) is 2.95. The molecule has 2 aliphatic carbocycles. The first-order chi connectivity index (χ1) is 5.79. The van der Waals surface area contributed by atoms with Crippen LogP contribution in [0, 0.1) is 17.8 Å². The molecule has 2 fully saturated rings. The van der Waals surface area contributed by atoms with Gasteiger partial charge in [-0.2, -0.15) is 5.10 Å². The molecule has 4 N–H and O–H groups in total. The Kier molecular flexibility index (Phi) is 1.95. The molecule has 2 aliphatic rings. The van der Waals surface area contributed by atoms with E-state index < -0.39 is 0 Å². The van der Waals surface area contributed by atoms with Crippen LogP contribution in [-0.4, -0.2) is 5.84 Å². The Morgan fingerprint density at radius 2 is 2.17 bits per heavy atom. The molecular weight excluding hydrogens is 150 g/mol. The summed E-state index contributed by atoms with van der Waals surface area (Å²) in [6.07, 6.45) is 6.58. The standard InChI is InChI=1S/C9H17N3/c10-9(12-11)5-8-4-6-1-2-7(8)3-6/h6-8H,1-5,11H2,(H2,10,12). The molecule has 0 radical (unpaired) electrons. The van der Waals surface area contributed by atoms with E-state index in [1.54, 1.807) is 0 Å². The van der Waals surface area contributed by atoms with E-state index in [4.69, 9.17) is 11.6 Å². The quantitative estimate of drug-likeness (QED) is 0.279. The minimum Gasteiger partial charge on any atom is -0.386 e. The van der Waals surface area contributed by atoms with Crippen molar-refractivity contribution in [3.63, 3.8) is 0 Å². The highest BCUT2D eigenvalue weighted by Crippen LogP contribution is 2.49. The van der Waals surface area contributed by atoms with Gasteiger partial charge in [-0.25, -0.2) is 0 Å². The van der Waals surface area contributed by atoms with E-state index in [2.05, 4.69) is 5.10 Å². The Bertz CT molecular complexity index is 200. The van der Waals surface area contributed by atoms with Crippen molar-refractivity contribution < 1.29 is 0 Å². The molecular formula is C9H17N3. The van der Waals surface area contributed by atoms with E-state index >= 15 is 0 Å². The Labute approximate surface area is 73.2 Å². The van der Waals surface area contributed by atoms with Crippen molar-refractivity contribution in [3.05, 3.63) is 0 Å². The van der Waals surface area contributed by atoms with Crippen LogP contribution in [0.5, 0.6) is 0 Å². The molecule has 3 unspecified atom stereocenters. The lowest BCUT2D eigenvalue weighted by molar-refractivity contribution is 0.342. The van der Waals surface area contributed by atoms with Crippen molar-refractivity contribution in [1.29, 1.82) is 0 Å². The lowest BCUT2D eigenvalue weighted by Crippen LogP contribution is -2.21. The largest absolute Gasteiger partial charge is 0.386 e. The average Bonchev–Trinajstić information content (AvgIpc) is 2.64. The molecule has 0 aromatic heterocycles. The van der Waals surface area contributed by atoms with Crippen LogP contribution in [0.2, 0.25) is 0 Å². The Balaban J connectivity index is 1.91. The summed E-state index contributed by atoms with van der Waals surface area (Å²) in [6.45, 7) is 0. The Morgan fingerprint density at radius 1 is 1.33 bits per heavy atom. The first-order valence-electron chi connectivity index (χ1n) is 4.82. The second kappa shape index (κ2) is 2.96. The molecule has 2 rings (SSSR count). The van der Waals surface area contributed by atoms with Gasteiger partial charge in [0, 0.05) is 6.42 Å². The molecule has 0 aliphatic heterocycles. The van der Waals surface area contributed by atoms with Crippen LogP contribution in [0.3, 0.4) is 0 Å². The average molecular weight is 167 g/mol. The predicted molar refractivity (Wildman–Crippen MR) is 49.4 cm³/mol. The van der Waals surface area contributed by atoms with Crippen LogP contribution in [0.1, 0.15) is 32.1 Å². The third-order valence-corrected chi connectivity index (χ3v) is 3.52. The fourth-order valence-electron chi connectivity index (χ4n) is 2.95. The van der Waals surface area contributed by atoms with E-state index in [0.717, 1.165) is 24.2 Å². The van der Waals surface area contributed by atoms with Gasteiger partial charge in [0.15, 0.2) is 0 Å². The first-order valence-corrected chi connectivity index (χ1v) is 4.82. The number of nitrogens with zero attached hydrogens (tertiary/aromatic N) is 1. The van der Waals surface area contributed by atoms with Gasteiger partial charge in [0.25, 0.3) is 0 Å². The van der Waals surface area contributed by atoms with Crippen LogP contribution in [0.4, 0.5) is 0 Å². The molecule has 0 heterocycles. The van der Waals surface area contributed by atoms with E-state index in [9.17, 15) is 0 Å². The molecule has 12 heavy (non-hydrogen) atoms. The van der Waals surface area contributed by atoms with Gasteiger partial charge in [0.05, 0.1) is 0 Å². The maximum absolute atomic E-state index is 5.61. The highest BCUT2D eigenvalue weighted by atomic mass is 15.1. The van der Waals surface area contributed by atoms with Gasteiger partial charge < -0.3 is 11.6 Å². The highest BCUT2D eigenvalue weighted by Gasteiger charge is 2.39. The van der Waals surface area contributed by atoms with Crippen molar-refractivity contribution in [2.75, 3.05) is 0 Å². The minimum absolute atomic E-state index is 0.632. The number of amidine groups is 1. The summed E-state index contributed by atoms with van der Waals surface area (Å²) >= 11 is 0. The monoisotopic (exact) mass is 167 g/mol. The summed E-state index contributed by atoms with van der Waals surface area (Å²) < 4.78 is 0. The number of hydrazone groups is 1. The third kappa shape index (κ3) is 1.28. The van der Waals surface area contributed by atoms with Crippen molar-refractivity contribution in [3.8, 4) is 0 Å². The lowest BCUT2D eigenvalue weighted by Gasteiger charge is -2.20. The van der Waals surface area contributed by atoms with E-state index in [1.807, 2.05) is 0 Å². The normalized spacial score (nSPS) is 40.7. The zero-order chi connectivity index (χ0) is 8.55. The molecule has 3 atom stereocenters. The predicted octanol–water partition coefficient (Wildman–Crippen LogP) is 1.04. The molecule has 0 amide bonds. The third-order valence-electron chi connectivity index (χ3n) is 3.52. The smallest absolute Gasteiger partial charge is 0.119 e. The lowest BCUT2D eigenvalue weighted by atomic mass is 9.86. The number of nitrogens with two attached hydrogens (primary N) is 2. The van der Waals surface area contributed by atoms with Gasteiger partial charge in [-0.1, -0.05) is 6.42 Å². The topological polar surface area (TPSA) is 64.4 Å². The Hall–Kier alpha value is -0.730. The maximum Gasteiger partial charge on any atom is 0.119 e. The van der Waals surface area contributed by atoms with Crippen molar-refractivity contribution in [1.82, 2.24) is 0 Å². The van der Waals surface area contributed by atoms with Gasteiger partial charge in [-0.05, 0) is 37.0 Å². The molecule has 68 valence electrons. The summed E-state index contributed by atoms with van der Waals surface area (Å²) in [6, 6.07) is 0. The van der Waals surface area contributed by atoms with Gasteiger partial charge >= 0.3 is 0 Å². The number of hydrogen-bond acceptors (Lipinski definition) is 2. The second-order valence-corrected chi connectivity index (χ2v) is 4.26. The molecule has 3 heteroatoms. The zero-order valence-corrected chi connectivity index (χ0v) is 7.37. The summed E-state index contributed by atoms with van der Waals surface area (Å²) in [5.41, 5.74) is 5.61. The summed E-state index contributed by atoms with van der Waals surface area (Å²) in [4.78, 5) is 0. The number of hydrogen-bond donors (Lipinski definition) is 2. The van der Waals surface area contributed by atoms with Crippen LogP contribution >= 0.6 is 0 Å². The van der Waals surface area contributed by atoms with Crippen LogP contribution in [-0.2, 0) is 0 Å². The molecule has 3 nitrogen and oxygen atoms in total. The Morgan fingerprint density at radius 3 is 2.67 bits per heavy atom. The van der Waals surface area contributed by atoms with Gasteiger partial charge in [0.1, 0.15) is 5.84 Å². The van der Waals surface area contributed by atoms with Gasteiger partial charge in [-0.3, -0.25) is 0 Å². The van der Waals surface area contributed by atoms with Crippen LogP contribution in [0.25, 0.3) is 0 Å². The van der Waals surface area contributed by atoms with Gasteiger partial charge in [0.2, 0.25) is 0 Å². The second-order valence-electron chi connectivity index (χ2n) is 4.26. The number of fused-ring (bicyclic) bond motifs is 2. The number of rotatable bonds is 2. The van der Waals surface area contributed by atoms with Crippen molar-refractivity contribution >= 4 is 5.84 Å². The fraction of sp³-hybridized carbons (Fsp3) is 0.889. The molecule has 0 spiro atoms. The summed E-state index contributed by atoms with van der Waals surface area (Å²) in [5.74, 6) is 8.45. The van der Waals surface area contributed by atoms with Crippen molar-refractivity contribution in [2.24, 2.45) is 34.4 Å². The molecule has 0 aromatic carbocycles. The summed E-state index contributed by atoms with van der Waals surface area (Å²) in [7, 11) is 0. The minimum atomic E-state index is 0.632. The molecule has 2 saturated carbocycles. The van der Waals surface area contributed by atoms with Crippen LogP contribution < -0.4 is 11.6 Å². The highest BCUT2D eigenvalue weighted by molar-refractivity contribution is 5.80. The maximum atomic E-state index is 5.61. The molecule has 2 bridgehead atoms. The SMILES string of the molecule is N/N=C(/N)CC1CC2CCC1C2. The van der Waals surface area contributed by atoms with Gasteiger partial charge in [-0.15, -0.1) is 0 Å². The van der Waals surface area contributed by atoms with E-state index in [-0.39, 0.29) is 0 Å². The molecule has 0 aromatic rings. The van der Waals surface area contributed by atoms with E-state index in [0.29, 0.717) is 5.84 Å². The first kappa shape index (κ1) is 7.90. The van der Waals surface area contributed by atoms with Crippen molar-refractivity contribution in [2.45, 2.75) is 32.1 Å².